The molecule has 0 spiro atoms. The minimum absolute atomic E-state index is 0.0627. The van der Waals surface area contributed by atoms with Crippen LogP contribution >= 0.6 is 0 Å². The Kier molecular flexibility index (Phi) is 6.62. The highest BCUT2D eigenvalue weighted by Gasteiger charge is 2.34. The molecule has 162 valence electrons. The molecule has 3 rings (SSSR count). The van der Waals surface area contributed by atoms with Gasteiger partial charge in [0.25, 0.3) is 15.9 Å². The standard InChI is InChI=1S/C23H23NO6S/c1-16-5-4-6-18(13-16)23(26)24(19-8-10-20(29-2)11-9-19)31(27,28)22-14-17(15-25)7-12-21(22)30-3/h4-14,25H,15H2,1-3H3. The van der Waals surface area contributed by atoms with Gasteiger partial charge in [-0.15, -0.1) is 0 Å². The maximum absolute atomic E-state index is 13.7. The quantitative estimate of drug-likeness (QED) is 0.603. The number of sulfonamides is 1. The van der Waals surface area contributed by atoms with Gasteiger partial charge in [-0.05, 0) is 61.0 Å². The van der Waals surface area contributed by atoms with Crippen molar-refractivity contribution in [2.45, 2.75) is 18.4 Å². The van der Waals surface area contributed by atoms with Gasteiger partial charge in [0.2, 0.25) is 0 Å². The summed E-state index contributed by atoms with van der Waals surface area (Å²) in [4.78, 5) is 13.2. The van der Waals surface area contributed by atoms with Crippen LogP contribution in [0.5, 0.6) is 11.5 Å². The van der Waals surface area contributed by atoms with Crippen LogP contribution in [0.4, 0.5) is 5.69 Å². The van der Waals surface area contributed by atoms with E-state index in [4.69, 9.17) is 9.47 Å². The molecule has 1 N–H and O–H groups in total. The number of carbonyl (C=O) groups excluding carboxylic acids is 1. The molecule has 31 heavy (non-hydrogen) atoms. The first-order valence-electron chi connectivity index (χ1n) is 9.40. The Hall–Kier alpha value is -3.36. The fourth-order valence-corrected chi connectivity index (χ4v) is 4.72. The van der Waals surface area contributed by atoms with Crippen molar-refractivity contribution in [3.8, 4) is 11.5 Å². The summed E-state index contributed by atoms with van der Waals surface area (Å²) >= 11 is 0. The molecular formula is C23H23NO6S. The largest absolute Gasteiger partial charge is 0.497 e. The van der Waals surface area contributed by atoms with E-state index in [1.54, 1.807) is 36.4 Å². The van der Waals surface area contributed by atoms with E-state index < -0.39 is 15.9 Å². The van der Waals surface area contributed by atoms with E-state index in [1.807, 2.05) is 13.0 Å². The first-order valence-corrected chi connectivity index (χ1v) is 10.8. The van der Waals surface area contributed by atoms with Gasteiger partial charge >= 0.3 is 0 Å². The van der Waals surface area contributed by atoms with Crippen molar-refractivity contribution in [3.05, 3.63) is 83.4 Å². The van der Waals surface area contributed by atoms with Gasteiger partial charge in [-0.1, -0.05) is 23.8 Å². The Morgan fingerprint density at radius 3 is 2.26 bits per heavy atom. The third-order valence-electron chi connectivity index (χ3n) is 4.69. The molecule has 0 fully saturated rings. The van der Waals surface area contributed by atoms with Crippen LogP contribution in [-0.2, 0) is 16.6 Å². The van der Waals surface area contributed by atoms with Crippen LogP contribution in [0.1, 0.15) is 21.5 Å². The topological polar surface area (TPSA) is 93.1 Å². The van der Waals surface area contributed by atoms with Gasteiger partial charge < -0.3 is 14.6 Å². The predicted octanol–water partition coefficient (Wildman–Crippen LogP) is 3.54. The van der Waals surface area contributed by atoms with E-state index in [1.165, 1.54) is 38.5 Å². The van der Waals surface area contributed by atoms with E-state index in [-0.39, 0.29) is 28.5 Å². The first kappa shape index (κ1) is 22.3. The summed E-state index contributed by atoms with van der Waals surface area (Å²) < 4.78 is 38.6. The number of aliphatic hydroxyl groups is 1. The van der Waals surface area contributed by atoms with Crippen molar-refractivity contribution in [3.63, 3.8) is 0 Å². The number of hydrogen-bond donors (Lipinski definition) is 1. The van der Waals surface area contributed by atoms with E-state index in [0.29, 0.717) is 11.3 Å². The first-order chi connectivity index (χ1) is 14.8. The lowest BCUT2D eigenvalue weighted by atomic mass is 10.1. The maximum atomic E-state index is 13.7. The number of nitrogens with zero attached hydrogens (tertiary/aromatic N) is 1. The molecule has 0 unspecified atom stereocenters. The molecule has 3 aromatic carbocycles. The zero-order chi connectivity index (χ0) is 22.6. The SMILES string of the molecule is COc1ccc(N(C(=O)c2cccc(C)c2)S(=O)(=O)c2cc(CO)ccc2OC)cc1. The highest BCUT2D eigenvalue weighted by molar-refractivity contribution is 7.93. The number of benzene rings is 3. The highest BCUT2D eigenvalue weighted by Crippen LogP contribution is 2.33. The monoisotopic (exact) mass is 441 g/mol. The predicted molar refractivity (Wildman–Crippen MR) is 117 cm³/mol. The van der Waals surface area contributed by atoms with Crippen molar-refractivity contribution in [1.29, 1.82) is 0 Å². The van der Waals surface area contributed by atoms with Crippen molar-refractivity contribution < 1.29 is 27.8 Å². The summed E-state index contributed by atoms with van der Waals surface area (Å²) in [5.41, 5.74) is 1.55. The van der Waals surface area contributed by atoms with Crippen LogP contribution in [0.3, 0.4) is 0 Å². The number of carbonyl (C=O) groups is 1. The molecule has 0 saturated carbocycles. The molecule has 0 aliphatic heterocycles. The Morgan fingerprint density at radius 1 is 0.968 bits per heavy atom. The Bertz CT molecular complexity index is 1190. The zero-order valence-corrected chi connectivity index (χ0v) is 18.2. The second-order valence-corrected chi connectivity index (χ2v) is 8.54. The fraction of sp³-hybridized carbons (Fsp3) is 0.174. The molecule has 0 saturated heterocycles. The average molecular weight is 442 g/mol. The van der Waals surface area contributed by atoms with Crippen LogP contribution in [0, 0.1) is 6.92 Å². The molecule has 0 atom stereocenters. The number of ether oxygens (including phenoxy) is 2. The maximum Gasteiger partial charge on any atom is 0.274 e. The van der Waals surface area contributed by atoms with Gasteiger partial charge in [0.1, 0.15) is 16.4 Å². The lowest BCUT2D eigenvalue weighted by Gasteiger charge is -2.24. The van der Waals surface area contributed by atoms with Crippen LogP contribution in [-0.4, -0.2) is 33.7 Å². The Labute approximate surface area is 181 Å². The molecule has 1 amide bonds. The molecule has 8 heteroatoms. The van der Waals surface area contributed by atoms with E-state index in [2.05, 4.69) is 0 Å². The minimum atomic E-state index is -4.40. The normalized spacial score (nSPS) is 11.1. The Balaban J connectivity index is 2.23. The molecule has 0 radical (unpaired) electrons. The van der Waals surface area contributed by atoms with Crippen molar-refractivity contribution in [2.24, 2.45) is 0 Å². The smallest absolute Gasteiger partial charge is 0.274 e. The van der Waals surface area contributed by atoms with Gasteiger partial charge in [0, 0.05) is 5.56 Å². The lowest BCUT2D eigenvalue weighted by molar-refractivity contribution is 0.100. The summed E-state index contributed by atoms with van der Waals surface area (Å²) in [6.07, 6.45) is 0. The van der Waals surface area contributed by atoms with Crippen LogP contribution in [0.2, 0.25) is 0 Å². The fourth-order valence-electron chi connectivity index (χ4n) is 3.10. The van der Waals surface area contributed by atoms with Crippen LogP contribution < -0.4 is 13.8 Å². The van der Waals surface area contributed by atoms with Crippen molar-refractivity contribution >= 4 is 21.6 Å². The average Bonchev–Trinajstić information content (AvgIpc) is 2.79. The van der Waals surface area contributed by atoms with Gasteiger partial charge in [0.05, 0.1) is 26.5 Å². The molecule has 0 bridgehead atoms. The zero-order valence-electron chi connectivity index (χ0n) is 17.4. The van der Waals surface area contributed by atoms with Gasteiger partial charge in [-0.3, -0.25) is 4.79 Å². The summed E-state index contributed by atoms with van der Waals surface area (Å²) in [7, 11) is -1.57. The van der Waals surface area contributed by atoms with Crippen LogP contribution in [0.25, 0.3) is 0 Å². The summed E-state index contributed by atoms with van der Waals surface area (Å²) in [5, 5.41) is 9.49. The minimum Gasteiger partial charge on any atom is -0.497 e. The van der Waals surface area contributed by atoms with Crippen molar-refractivity contribution in [1.82, 2.24) is 0 Å². The van der Waals surface area contributed by atoms with Gasteiger partial charge in [0.15, 0.2) is 0 Å². The highest BCUT2D eigenvalue weighted by atomic mass is 32.2. The second kappa shape index (κ2) is 9.20. The molecule has 3 aromatic rings. The third-order valence-corrected chi connectivity index (χ3v) is 6.42. The number of hydrogen-bond acceptors (Lipinski definition) is 6. The molecule has 0 aliphatic carbocycles. The lowest BCUT2D eigenvalue weighted by Crippen LogP contribution is -2.37. The summed E-state index contributed by atoms with van der Waals surface area (Å²) in [5.74, 6) is -0.137. The van der Waals surface area contributed by atoms with Gasteiger partial charge in [-0.2, -0.15) is 4.31 Å². The molecule has 0 aliphatic rings. The number of aliphatic hydroxyl groups excluding tert-OH is 1. The number of aryl methyl sites for hydroxylation is 1. The summed E-state index contributed by atoms with van der Waals surface area (Å²) in [6.45, 7) is 1.46. The van der Waals surface area contributed by atoms with Crippen LogP contribution in [0.15, 0.2) is 71.6 Å². The molecular weight excluding hydrogens is 418 g/mol. The molecule has 0 aromatic heterocycles. The summed E-state index contributed by atoms with van der Waals surface area (Å²) in [6, 6.07) is 17.1. The molecule has 7 nitrogen and oxygen atoms in total. The number of methoxy groups -OCH3 is 2. The number of amides is 1. The van der Waals surface area contributed by atoms with E-state index in [0.717, 1.165) is 9.87 Å². The van der Waals surface area contributed by atoms with Crippen molar-refractivity contribution in [2.75, 3.05) is 18.5 Å². The van der Waals surface area contributed by atoms with Gasteiger partial charge in [-0.25, -0.2) is 8.42 Å². The number of anilines is 1. The van der Waals surface area contributed by atoms with E-state index in [9.17, 15) is 18.3 Å². The Morgan fingerprint density at radius 2 is 1.68 bits per heavy atom. The molecule has 0 heterocycles. The third kappa shape index (κ3) is 4.55. The second-order valence-electron chi connectivity index (χ2n) is 6.79. The van der Waals surface area contributed by atoms with E-state index >= 15 is 0 Å². The number of rotatable bonds is 7.